The first-order valence-electron chi connectivity index (χ1n) is 9.94. The number of fused-ring (bicyclic) bond motifs is 1. The fourth-order valence-electron chi connectivity index (χ4n) is 3.39. The number of pyridine rings is 1. The van der Waals surface area contributed by atoms with Crippen molar-refractivity contribution in [3.63, 3.8) is 0 Å². The molecule has 3 rings (SSSR count). The fourth-order valence-corrected chi connectivity index (χ4v) is 3.39. The van der Waals surface area contributed by atoms with E-state index < -0.39 is 12.2 Å². The number of aliphatic hydroxyl groups is 2. The molecule has 0 radical (unpaired) electrons. The van der Waals surface area contributed by atoms with Crippen LogP contribution in [-0.2, 0) is 6.42 Å². The van der Waals surface area contributed by atoms with Crippen molar-refractivity contribution >= 4 is 5.91 Å². The molecule has 0 saturated heterocycles. The summed E-state index contributed by atoms with van der Waals surface area (Å²) >= 11 is 0. The number of ether oxygens (including phenoxy) is 2. The summed E-state index contributed by atoms with van der Waals surface area (Å²) < 4.78 is 10.9. The van der Waals surface area contributed by atoms with E-state index in [0.717, 1.165) is 30.6 Å². The van der Waals surface area contributed by atoms with Gasteiger partial charge in [-0.1, -0.05) is 18.2 Å². The number of aliphatic hydroxyl groups excluding tert-OH is 2. The van der Waals surface area contributed by atoms with Crippen molar-refractivity contribution in [1.29, 1.82) is 0 Å². The lowest BCUT2D eigenvalue weighted by molar-refractivity contribution is -0.0150. The van der Waals surface area contributed by atoms with Gasteiger partial charge >= 0.3 is 0 Å². The summed E-state index contributed by atoms with van der Waals surface area (Å²) in [4.78, 5) is 18.8. The van der Waals surface area contributed by atoms with Crippen molar-refractivity contribution in [2.24, 2.45) is 0 Å². The molecule has 2 atom stereocenters. The van der Waals surface area contributed by atoms with Gasteiger partial charge in [0, 0.05) is 30.9 Å². The smallest absolute Gasteiger partial charge is 0.254 e. The van der Waals surface area contributed by atoms with Crippen LogP contribution in [0.1, 0.15) is 35.2 Å². The molecule has 1 aliphatic heterocycles. The van der Waals surface area contributed by atoms with Crippen LogP contribution >= 0.6 is 0 Å². The third kappa shape index (κ3) is 5.68. The van der Waals surface area contributed by atoms with Crippen molar-refractivity contribution in [3.8, 4) is 11.6 Å². The van der Waals surface area contributed by atoms with Crippen LogP contribution in [0.4, 0.5) is 0 Å². The Morgan fingerprint density at radius 3 is 2.83 bits per heavy atom. The zero-order chi connectivity index (χ0) is 20.6. The number of carbonyl (C=O) groups excluding carboxylic acids is 1. The maximum Gasteiger partial charge on any atom is 0.254 e. The predicted octanol–water partition coefficient (Wildman–Crippen LogP) is 2.06. The highest BCUT2D eigenvalue weighted by Crippen LogP contribution is 2.22. The molecular formula is C22H28N2O5. The maximum absolute atomic E-state index is 13.0. The van der Waals surface area contributed by atoms with Crippen LogP contribution in [0.3, 0.4) is 0 Å². The Bertz CT molecular complexity index is 813. The molecule has 0 unspecified atom stereocenters. The molecule has 2 heterocycles. The van der Waals surface area contributed by atoms with Gasteiger partial charge in [0.05, 0.1) is 13.2 Å². The Balaban J connectivity index is 1.75. The number of amides is 1. The van der Waals surface area contributed by atoms with E-state index in [9.17, 15) is 15.0 Å². The zero-order valence-electron chi connectivity index (χ0n) is 16.7. The molecule has 0 aliphatic carbocycles. The summed E-state index contributed by atoms with van der Waals surface area (Å²) in [5.74, 6) is 0.972. The minimum atomic E-state index is -1.03. The molecule has 7 nitrogen and oxygen atoms in total. The number of para-hydroxylation sites is 1. The third-order valence-electron chi connectivity index (χ3n) is 5.12. The maximum atomic E-state index is 13.0. The largest absolute Gasteiger partial charge is 0.491 e. The molecule has 156 valence electrons. The molecule has 2 aromatic rings. The SMILES string of the molecule is COc1cc(C(=O)N2CCCCc3ccccc3OC[C@@H](O)[C@@H](O)CC2)ccn1. The molecule has 0 saturated carbocycles. The minimum Gasteiger partial charge on any atom is -0.491 e. The number of hydrogen-bond donors (Lipinski definition) is 2. The van der Waals surface area contributed by atoms with Crippen molar-refractivity contribution < 1.29 is 24.5 Å². The van der Waals surface area contributed by atoms with Crippen molar-refractivity contribution in [1.82, 2.24) is 9.88 Å². The minimum absolute atomic E-state index is 0.00762. The van der Waals surface area contributed by atoms with Crippen LogP contribution < -0.4 is 9.47 Å². The molecular weight excluding hydrogens is 372 g/mol. The Labute approximate surface area is 170 Å². The van der Waals surface area contributed by atoms with E-state index in [1.54, 1.807) is 23.2 Å². The van der Waals surface area contributed by atoms with Crippen LogP contribution in [-0.4, -0.2) is 65.0 Å². The van der Waals surface area contributed by atoms with Gasteiger partial charge in [0.1, 0.15) is 18.5 Å². The van der Waals surface area contributed by atoms with Gasteiger partial charge < -0.3 is 24.6 Å². The van der Waals surface area contributed by atoms with Crippen molar-refractivity contribution in [2.75, 3.05) is 26.8 Å². The van der Waals surface area contributed by atoms with E-state index in [1.165, 1.54) is 7.11 Å². The van der Waals surface area contributed by atoms with Gasteiger partial charge in [0.25, 0.3) is 5.91 Å². The van der Waals surface area contributed by atoms with Crippen LogP contribution in [0.2, 0.25) is 0 Å². The number of rotatable bonds is 2. The van der Waals surface area contributed by atoms with E-state index in [1.807, 2.05) is 24.3 Å². The summed E-state index contributed by atoms with van der Waals surface area (Å²) in [7, 11) is 1.51. The Morgan fingerprint density at radius 2 is 2.00 bits per heavy atom. The molecule has 0 fully saturated rings. The fraction of sp³-hybridized carbons (Fsp3) is 0.455. The highest BCUT2D eigenvalue weighted by atomic mass is 16.5. The van der Waals surface area contributed by atoms with Gasteiger partial charge in [-0.25, -0.2) is 4.98 Å². The van der Waals surface area contributed by atoms with Gasteiger partial charge in [-0.2, -0.15) is 0 Å². The van der Waals surface area contributed by atoms with Gasteiger partial charge in [0.2, 0.25) is 5.88 Å². The van der Waals surface area contributed by atoms with Crippen LogP contribution in [0.5, 0.6) is 11.6 Å². The standard InChI is InChI=1S/C22H28N2O5/c1-28-21-14-17(9-11-23-21)22(27)24-12-5-4-7-16-6-2-3-8-20(16)29-15-19(26)18(25)10-13-24/h2-3,6,8-9,11,14,18-19,25-26H,4-5,7,10,12-13,15H2,1H3/t18-,19+/m0/s1. The first-order valence-corrected chi connectivity index (χ1v) is 9.94. The van der Waals surface area contributed by atoms with Crippen LogP contribution in [0.15, 0.2) is 42.6 Å². The van der Waals surface area contributed by atoms with Crippen molar-refractivity contribution in [2.45, 2.75) is 37.9 Å². The van der Waals surface area contributed by atoms with E-state index >= 15 is 0 Å². The number of nitrogens with zero attached hydrogens (tertiary/aromatic N) is 2. The third-order valence-corrected chi connectivity index (χ3v) is 5.12. The summed E-state index contributed by atoms with van der Waals surface area (Å²) in [6, 6.07) is 11.0. The molecule has 1 aromatic heterocycles. The summed E-state index contributed by atoms with van der Waals surface area (Å²) in [5, 5.41) is 20.6. The average molecular weight is 400 g/mol. The molecule has 0 spiro atoms. The molecule has 29 heavy (non-hydrogen) atoms. The van der Waals surface area contributed by atoms with Gasteiger partial charge in [-0.15, -0.1) is 0 Å². The number of benzene rings is 1. The van der Waals surface area contributed by atoms with Gasteiger partial charge in [-0.05, 0) is 43.4 Å². The quantitative estimate of drug-likeness (QED) is 0.802. The van der Waals surface area contributed by atoms with Crippen LogP contribution in [0.25, 0.3) is 0 Å². The molecule has 2 N–H and O–H groups in total. The first kappa shape index (κ1) is 21.1. The number of methoxy groups -OCH3 is 1. The second-order valence-corrected chi connectivity index (χ2v) is 7.18. The van der Waals surface area contributed by atoms with Gasteiger partial charge in [-0.3, -0.25) is 4.79 Å². The Hall–Kier alpha value is -2.64. The number of aromatic nitrogens is 1. The van der Waals surface area contributed by atoms with Crippen molar-refractivity contribution in [3.05, 3.63) is 53.7 Å². The second kappa shape index (κ2) is 10.2. The highest BCUT2D eigenvalue weighted by Gasteiger charge is 2.22. The molecule has 1 aliphatic rings. The Kier molecular flexibility index (Phi) is 7.43. The second-order valence-electron chi connectivity index (χ2n) is 7.18. The zero-order valence-corrected chi connectivity index (χ0v) is 16.7. The average Bonchev–Trinajstić information content (AvgIpc) is 2.77. The summed E-state index contributed by atoms with van der Waals surface area (Å²) in [6.45, 7) is 0.914. The number of aryl methyl sites for hydroxylation is 1. The van der Waals surface area contributed by atoms with Gasteiger partial charge in [0.15, 0.2) is 0 Å². The lowest BCUT2D eigenvalue weighted by Crippen LogP contribution is -2.38. The van der Waals surface area contributed by atoms with Crippen LogP contribution in [0, 0.1) is 0 Å². The first-order chi connectivity index (χ1) is 14.1. The number of hydrogen-bond acceptors (Lipinski definition) is 6. The molecule has 1 aromatic carbocycles. The normalized spacial score (nSPS) is 21.0. The monoisotopic (exact) mass is 400 g/mol. The highest BCUT2D eigenvalue weighted by molar-refractivity contribution is 5.94. The number of carbonyl (C=O) groups is 1. The molecule has 7 heteroatoms. The lowest BCUT2D eigenvalue weighted by Gasteiger charge is -2.25. The van der Waals surface area contributed by atoms with E-state index in [-0.39, 0.29) is 18.9 Å². The summed E-state index contributed by atoms with van der Waals surface area (Å²) in [5.41, 5.74) is 1.55. The van der Waals surface area contributed by atoms with E-state index in [4.69, 9.17) is 9.47 Å². The Morgan fingerprint density at radius 1 is 1.17 bits per heavy atom. The van der Waals surface area contributed by atoms with E-state index in [2.05, 4.69) is 4.98 Å². The lowest BCUT2D eigenvalue weighted by atomic mass is 10.1. The topological polar surface area (TPSA) is 92.1 Å². The summed E-state index contributed by atoms with van der Waals surface area (Å²) in [6.07, 6.45) is 2.34. The molecule has 0 bridgehead atoms. The molecule has 1 amide bonds. The van der Waals surface area contributed by atoms with E-state index in [0.29, 0.717) is 24.5 Å². The predicted molar refractivity (Wildman–Crippen MR) is 108 cm³/mol.